The molecule has 0 saturated heterocycles. The van der Waals surface area contributed by atoms with Crippen LogP contribution < -0.4 is 9.21 Å². The molecule has 1 atom stereocenters. The van der Waals surface area contributed by atoms with E-state index < -0.39 is 10.0 Å². The maximum Gasteiger partial charge on any atom is 0.258 e. The molecule has 2 aromatic rings. The van der Waals surface area contributed by atoms with Gasteiger partial charge in [0, 0.05) is 23.8 Å². The second-order valence-electron chi connectivity index (χ2n) is 6.79. The quantitative estimate of drug-likeness (QED) is 0.831. The van der Waals surface area contributed by atoms with E-state index in [0.29, 0.717) is 24.2 Å². The Labute approximate surface area is 147 Å². The molecule has 2 heterocycles. The van der Waals surface area contributed by atoms with Crippen LogP contribution in [0.3, 0.4) is 0 Å². The summed E-state index contributed by atoms with van der Waals surface area (Å²) in [6.07, 6.45) is 2.71. The lowest BCUT2D eigenvalue weighted by atomic mass is 10.1. The topological polar surface area (TPSA) is 57.7 Å². The average Bonchev–Trinajstić information content (AvgIpc) is 3.12. The van der Waals surface area contributed by atoms with Crippen LogP contribution in [0, 0.1) is 0 Å². The summed E-state index contributed by atoms with van der Waals surface area (Å²) in [4.78, 5) is 14.8. The van der Waals surface area contributed by atoms with Gasteiger partial charge in [-0.25, -0.2) is 8.42 Å². The number of fused-ring (bicyclic) bond motifs is 2. The first kappa shape index (κ1) is 16.1. The highest BCUT2D eigenvalue weighted by molar-refractivity contribution is 7.92. The van der Waals surface area contributed by atoms with Crippen LogP contribution in [-0.2, 0) is 22.9 Å². The second-order valence-corrected chi connectivity index (χ2v) is 8.65. The fraction of sp³-hybridized carbons (Fsp3) is 0.316. The van der Waals surface area contributed by atoms with Crippen molar-refractivity contribution in [1.29, 1.82) is 0 Å². The number of amides is 1. The fourth-order valence-electron chi connectivity index (χ4n) is 3.95. The van der Waals surface area contributed by atoms with E-state index in [1.807, 2.05) is 36.1 Å². The molecular formula is C19H20N2O3S. The van der Waals surface area contributed by atoms with Gasteiger partial charge < -0.3 is 4.90 Å². The third kappa shape index (κ3) is 2.61. The number of carbonyl (C=O) groups excluding carboxylic acids is 1. The summed E-state index contributed by atoms with van der Waals surface area (Å²) in [6.45, 7) is 2.57. The van der Waals surface area contributed by atoms with Gasteiger partial charge in [-0.05, 0) is 55.2 Å². The van der Waals surface area contributed by atoms with Crippen molar-refractivity contribution in [2.45, 2.75) is 25.8 Å². The lowest BCUT2D eigenvalue weighted by molar-refractivity contribution is 0.0989. The van der Waals surface area contributed by atoms with Crippen molar-refractivity contribution < 1.29 is 13.2 Å². The highest BCUT2D eigenvalue weighted by atomic mass is 32.2. The minimum Gasteiger partial charge on any atom is -0.308 e. The third-order valence-corrected chi connectivity index (χ3v) is 6.24. The summed E-state index contributed by atoms with van der Waals surface area (Å²) in [5.41, 5.74) is 4.37. The van der Waals surface area contributed by atoms with Crippen LogP contribution >= 0.6 is 0 Å². The minimum absolute atomic E-state index is 0.0294. The molecule has 0 radical (unpaired) electrons. The minimum atomic E-state index is -3.32. The van der Waals surface area contributed by atoms with E-state index in [-0.39, 0.29) is 11.9 Å². The van der Waals surface area contributed by atoms with E-state index in [2.05, 4.69) is 6.07 Å². The van der Waals surface area contributed by atoms with Crippen molar-refractivity contribution in [3.8, 4) is 0 Å². The zero-order valence-electron chi connectivity index (χ0n) is 14.3. The molecule has 6 heteroatoms. The molecule has 0 spiro atoms. The van der Waals surface area contributed by atoms with E-state index in [1.54, 1.807) is 12.1 Å². The summed E-state index contributed by atoms with van der Waals surface area (Å²) < 4.78 is 25.5. The molecule has 2 aromatic carbocycles. The number of carbonyl (C=O) groups is 1. The van der Waals surface area contributed by atoms with E-state index in [1.165, 1.54) is 16.1 Å². The number of nitrogens with zero attached hydrogens (tertiary/aromatic N) is 2. The van der Waals surface area contributed by atoms with E-state index in [0.717, 1.165) is 17.7 Å². The monoisotopic (exact) mass is 356 g/mol. The molecule has 4 rings (SSSR count). The van der Waals surface area contributed by atoms with Gasteiger partial charge in [0.25, 0.3) is 5.91 Å². The van der Waals surface area contributed by atoms with Crippen molar-refractivity contribution in [2.24, 2.45) is 0 Å². The molecule has 0 N–H and O–H groups in total. The van der Waals surface area contributed by atoms with Gasteiger partial charge in [-0.3, -0.25) is 9.10 Å². The predicted octanol–water partition coefficient (Wildman–Crippen LogP) is 2.60. The Morgan fingerprint density at radius 1 is 1.08 bits per heavy atom. The zero-order chi connectivity index (χ0) is 17.8. The van der Waals surface area contributed by atoms with Crippen LogP contribution in [0.1, 0.15) is 28.4 Å². The van der Waals surface area contributed by atoms with Crippen molar-refractivity contribution in [1.82, 2.24) is 0 Å². The van der Waals surface area contributed by atoms with Gasteiger partial charge in [0.2, 0.25) is 10.0 Å². The highest BCUT2D eigenvalue weighted by Gasteiger charge is 2.33. The van der Waals surface area contributed by atoms with E-state index in [4.69, 9.17) is 0 Å². The molecule has 5 nitrogen and oxygen atoms in total. The summed E-state index contributed by atoms with van der Waals surface area (Å²) in [5, 5.41) is 0. The molecule has 0 fully saturated rings. The smallest absolute Gasteiger partial charge is 0.258 e. The van der Waals surface area contributed by atoms with Gasteiger partial charge in [0.1, 0.15) is 0 Å². The van der Waals surface area contributed by atoms with Gasteiger partial charge in [-0.2, -0.15) is 0 Å². The van der Waals surface area contributed by atoms with Crippen molar-refractivity contribution in [3.05, 3.63) is 59.2 Å². The normalized spacial score (nSPS) is 19.0. The first-order valence-corrected chi connectivity index (χ1v) is 10.2. The van der Waals surface area contributed by atoms with Crippen molar-refractivity contribution >= 4 is 27.3 Å². The van der Waals surface area contributed by atoms with Gasteiger partial charge in [-0.1, -0.05) is 18.2 Å². The molecule has 130 valence electrons. The number of para-hydroxylation sites is 1. The van der Waals surface area contributed by atoms with Gasteiger partial charge in [0.15, 0.2) is 0 Å². The number of benzene rings is 2. The summed E-state index contributed by atoms with van der Waals surface area (Å²) in [7, 11) is -3.32. The largest absolute Gasteiger partial charge is 0.308 e. The maximum absolute atomic E-state index is 13.0. The Bertz CT molecular complexity index is 968. The summed E-state index contributed by atoms with van der Waals surface area (Å²) >= 11 is 0. The Morgan fingerprint density at radius 2 is 1.84 bits per heavy atom. The van der Waals surface area contributed by atoms with Crippen molar-refractivity contribution in [2.75, 3.05) is 22.0 Å². The Kier molecular flexibility index (Phi) is 3.61. The predicted molar refractivity (Wildman–Crippen MR) is 98.8 cm³/mol. The number of hydrogen-bond donors (Lipinski definition) is 0. The molecule has 0 saturated carbocycles. The van der Waals surface area contributed by atoms with Crippen LogP contribution in [0.25, 0.3) is 0 Å². The van der Waals surface area contributed by atoms with Crippen LogP contribution in [0.2, 0.25) is 0 Å². The number of sulfonamides is 1. The molecule has 0 unspecified atom stereocenters. The standard InChI is InChI=1S/C19H20N2O3S/c1-13-11-16-12-15(7-8-18(16)21(13)25(2,23)24)19(22)20-10-9-14-5-3-4-6-17(14)20/h3-8,12-13H,9-11H2,1-2H3/t13-/m1/s1. The second kappa shape index (κ2) is 5.59. The van der Waals surface area contributed by atoms with Gasteiger partial charge >= 0.3 is 0 Å². The SMILES string of the molecule is C[C@@H]1Cc2cc(C(=O)N3CCc4ccccc43)ccc2N1S(C)(=O)=O. The molecular weight excluding hydrogens is 336 g/mol. The third-order valence-electron chi connectivity index (χ3n) is 4.97. The number of rotatable bonds is 2. The van der Waals surface area contributed by atoms with Crippen LogP contribution in [0.15, 0.2) is 42.5 Å². The maximum atomic E-state index is 13.0. The lowest BCUT2D eigenvalue weighted by Crippen LogP contribution is -2.34. The average molecular weight is 356 g/mol. The molecule has 2 aliphatic heterocycles. The highest BCUT2D eigenvalue weighted by Crippen LogP contribution is 2.36. The Hall–Kier alpha value is -2.34. The van der Waals surface area contributed by atoms with Crippen LogP contribution in [0.5, 0.6) is 0 Å². The van der Waals surface area contributed by atoms with Gasteiger partial charge in [0.05, 0.1) is 11.9 Å². The van der Waals surface area contributed by atoms with E-state index in [9.17, 15) is 13.2 Å². The molecule has 0 aliphatic carbocycles. The zero-order valence-corrected chi connectivity index (χ0v) is 15.1. The Morgan fingerprint density at radius 3 is 2.60 bits per heavy atom. The fourth-order valence-corrected chi connectivity index (χ4v) is 5.21. The lowest BCUT2D eigenvalue weighted by Gasteiger charge is -2.22. The summed E-state index contributed by atoms with van der Waals surface area (Å²) in [5.74, 6) is -0.0294. The number of anilines is 2. The number of hydrogen-bond acceptors (Lipinski definition) is 3. The van der Waals surface area contributed by atoms with Crippen molar-refractivity contribution in [3.63, 3.8) is 0 Å². The molecule has 1 amide bonds. The van der Waals surface area contributed by atoms with Crippen LogP contribution in [0.4, 0.5) is 11.4 Å². The van der Waals surface area contributed by atoms with Crippen LogP contribution in [-0.4, -0.2) is 33.2 Å². The first-order valence-electron chi connectivity index (χ1n) is 8.38. The Balaban J connectivity index is 1.68. The summed E-state index contributed by atoms with van der Waals surface area (Å²) in [6, 6.07) is 13.2. The molecule has 0 bridgehead atoms. The first-order chi connectivity index (χ1) is 11.9. The molecule has 0 aromatic heterocycles. The van der Waals surface area contributed by atoms with Gasteiger partial charge in [-0.15, -0.1) is 0 Å². The molecule has 2 aliphatic rings. The van der Waals surface area contributed by atoms with E-state index >= 15 is 0 Å². The molecule has 25 heavy (non-hydrogen) atoms.